The van der Waals surface area contributed by atoms with Crippen LogP contribution < -0.4 is 18.9 Å². The van der Waals surface area contributed by atoms with Crippen molar-refractivity contribution < 1.29 is 61.8 Å². The number of carbonyl (C=O) groups is 4. The molecule has 0 bridgehead atoms. The van der Waals surface area contributed by atoms with Gasteiger partial charge in [-0.3, -0.25) is 4.79 Å². The van der Waals surface area contributed by atoms with Gasteiger partial charge >= 0.3 is 17.9 Å². The number of carbonyl (C=O) groups excluding carboxylic acids is 4. The van der Waals surface area contributed by atoms with E-state index in [1.165, 1.54) is 20.3 Å². The maximum atomic E-state index is 14.5. The second-order valence-electron chi connectivity index (χ2n) is 14.1. The van der Waals surface area contributed by atoms with Crippen LogP contribution in [0.4, 0.5) is 0 Å². The Morgan fingerprint density at radius 3 is 1.62 bits per heavy atom. The van der Waals surface area contributed by atoms with Crippen molar-refractivity contribution in [2.24, 2.45) is 0 Å². The molecule has 1 aliphatic rings. The van der Waals surface area contributed by atoms with Gasteiger partial charge in [0.25, 0.3) is 0 Å². The highest BCUT2D eigenvalue weighted by Crippen LogP contribution is 2.33. The largest absolute Gasteiger partial charge is 0.493 e. The fourth-order valence-corrected chi connectivity index (χ4v) is 6.64. The molecule has 0 saturated carbocycles. The molecule has 0 radical (unpaired) electrons. The molecule has 1 fully saturated rings. The van der Waals surface area contributed by atoms with E-state index in [2.05, 4.69) is 0 Å². The van der Waals surface area contributed by atoms with Gasteiger partial charge in [0.05, 0.1) is 44.1 Å². The lowest BCUT2D eigenvalue weighted by atomic mass is 10.0. The van der Waals surface area contributed by atoms with Gasteiger partial charge in [-0.1, -0.05) is 97.1 Å². The summed E-state index contributed by atoms with van der Waals surface area (Å²) in [6.45, 7) is -0.574. The molecular weight excluding hydrogens is 809 g/mol. The number of ether oxygens (including phenoxy) is 9. The van der Waals surface area contributed by atoms with Crippen LogP contribution in [0.3, 0.4) is 0 Å². The Balaban J connectivity index is 1.20. The van der Waals surface area contributed by atoms with Crippen molar-refractivity contribution >= 4 is 23.7 Å². The average molecular weight is 853 g/mol. The predicted molar refractivity (Wildman–Crippen MR) is 228 cm³/mol. The molecule has 0 aliphatic carbocycles. The molecule has 13 nitrogen and oxygen atoms in total. The summed E-state index contributed by atoms with van der Waals surface area (Å²) >= 11 is 0. The minimum absolute atomic E-state index is 0.172. The summed E-state index contributed by atoms with van der Waals surface area (Å²) < 4.78 is 54.0. The molecule has 1 saturated heterocycles. The van der Waals surface area contributed by atoms with Crippen molar-refractivity contribution in [3.63, 3.8) is 0 Å². The van der Waals surface area contributed by atoms with E-state index < -0.39 is 61.0 Å². The van der Waals surface area contributed by atoms with Gasteiger partial charge in [0.2, 0.25) is 5.78 Å². The molecule has 1 unspecified atom stereocenters. The first-order chi connectivity index (χ1) is 30.8. The van der Waals surface area contributed by atoms with Crippen LogP contribution in [-0.2, 0) is 30.3 Å². The fourth-order valence-electron chi connectivity index (χ4n) is 6.64. The van der Waals surface area contributed by atoms with Crippen molar-refractivity contribution in [1.82, 2.24) is 0 Å². The van der Waals surface area contributed by atoms with Gasteiger partial charge in [0.1, 0.15) is 6.61 Å². The van der Waals surface area contributed by atoms with Gasteiger partial charge in [0.15, 0.2) is 53.7 Å². The fraction of sp³-hybridized carbons (Fsp3) is 0.200. The lowest BCUT2D eigenvalue weighted by Crippen LogP contribution is -2.58. The van der Waals surface area contributed by atoms with E-state index >= 15 is 0 Å². The number of ketones is 1. The second-order valence-corrected chi connectivity index (χ2v) is 14.1. The third-order valence-electron chi connectivity index (χ3n) is 9.88. The summed E-state index contributed by atoms with van der Waals surface area (Å²) in [7, 11) is 2.93. The SMILES string of the molecule is COc1cc(C(=O)C(CO[C@@H]2OC[C@@H](OC(=O)c3ccccc3)[C@H](OC(=O)c3ccccc3)[C@H]2OC(=O)c2ccccc2)Oc2ccccc2OC)ccc1OCc1ccccc1. The molecule has 0 aromatic heterocycles. The summed E-state index contributed by atoms with van der Waals surface area (Å²) in [5.41, 5.74) is 1.72. The van der Waals surface area contributed by atoms with E-state index in [9.17, 15) is 19.2 Å². The number of Topliss-reactive ketones (excluding diaryl/α,β-unsaturated/α-hetero) is 1. The van der Waals surface area contributed by atoms with Crippen LogP contribution in [0, 0.1) is 0 Å². The zero-order valence-corrected chi connectivity index (χ0v) is 34.4. The Bertz CT molecular complexity index is 2450. The van der Waals surface area contributed by atoms with E-state index in [4.69, 9.17) is 42.6 Å². The number of benzene rings is 6. The highest BCUT2D eigenvalue weighted by Gasteiger charge is 2.49. The molecule has 6 aromatic carbocycles. The predicted octanol–water partition coefficient (Wildman–Crippen LogP) is 7.96. The van der Waals surface area contributed by atoms with Gasteiger partial charge in [-0.15, -0.1) is 0 Å². The molecular formula is C50H44O13. The minimum atomic E-state index is -1.55. The molecule has 322 valence electrons. The molecule has 5 atom stereocenters. The molecule has 13 heteroatoms. The molecule has 0 amide bonds. The first-order valence-corrected chi connectivity index (χ1v) is 20.0. The van der Waals surface area contributed by atoms with Gasteiger partial charge in [-0.05, 0) is 72.3 Å². The van der Waals surface area contributed by atoms with Crippen molar-refractivity contribution in [3.8, 4) is 23.0 Å². The van der Waals surface area contributed by atoms with Crippen LogP contribution in [0.1, 0.15) is 47.0 Å². The first kappa shape index (κ1) is 43.6. The standard InChI is InChI=1S/C50H44O13/c1-55-38-25-15-16-26-40(38)60-42(44(51)37-27-28-39(41(29-37)56-2)57-30-33-17-7-3-8-18-33)31-58-50-46(63-49(54)36-23-13-6-14-24-36)45(62-48(53)35-21-11-5-12-22-35)43(32-59-50)61-47(52)34-19-9-4-10-20-34/h3-29,42-43,45-46,50H,30-32H2,1-2H3/t42?,43-,45+,46-,50-/m1/s1. The monoisotopic (exact) mass is 852 g/mol. The number of rotatable bonds is 18. The van der Waals surface area contributed by atoms with Crippen LogP contribution in [0.5, 0.6) is 23.0 Å². The molecule has 1 heterocycles. The average Bonchev–Trinajstić information content (AvgIpc) is 3.34. The van der Waals surface area contributed by atoms with Crippen molar-refractivity contribution in [2.45, 2.75) is 37.3 Å². The third kappa shape index (κ3) is 11.3. The summed E-state index contributed by atoms with van der Waals surface area (Å²) in [5, 5.41) is 0. The number of esters is 3. The summed E-state index contributed by atoms with van der Waals surface area (Å²) in [6.07, 6.45) is -7.14. The molecule has 6 aromatic rings. The van der Waals surface area contributed by atoms with Gasteiger partial charge < -0.3 is 42.6 Å². The molecule has 7 rings (SSSR count). The minimum Gasteiger partial charge on any atom is -0.493 e. The Hall–Kier alpha value is -7.48. The van der Waals surface area contributed by atoms with Crippen LogP contribution in [0.2, 0.25) is 0 Å². The third-order valence-corrected chi connectivity index (χ3v) is 9.88. The highest BCUT2D eigenvalue weighted by molar-refractivity contribution is 6.00. The number of para-hydroxylation sites is 2. The van der Waals surface area contributed by atoms with E-state index in [0.717, 1.165) is 5.56 Å². The number of hydrogen-bond donors (Lipinski definition) is 0. The normalized spacial score (nSPS) is 17.3. The van der Waals surface area contributed by atoms with Crippen LogP contribution in [0.15, 0.2) is 164 Å². The van der Waals surface area contributed by atoms with Crippen molar-refractivity contribution in [1.29, 1.82) is 0 Å². The maximum absolute atomic E-state index is 14.5. The maximum Gasteiger partial charge on any atom is 0.338 e. The lowest BCUT2D eigenvalue weighted by Gasteiger charge is -2.40. The smallest absolute Gasteiger partial charge is 0.338 e. The van der Waals surface area contributed by atoms with Crippen LogP contribution in [0.25, 0.3) is 0 Å². The summed E-state index contributed by atoms with van der Waals surface area (Å²) in [4.78, 5) is 55.4. The molecule has 0 spiro atoms. The van der Waals surface area contributed by atoms with E-state index in [1.807, 2.05) is 30.3 Å². The van der Waals surface area contributed by atoms with Crippen LogP contribution >= 0.6 is 0 Å². The Labute approximate surface area is 363 Å². The van der Waals surface area contributed by atoms with Gasteiger partial charge in [-0.25, -0.2) is 14.4 Å². The number of hydrogen-bond acceptors (Lipinski definition) is 13. The van der Waals surface area contributed by atoms with Crippen molar-refractivity contribution in [3.05, 3.63) is 192 Å². The van der Waals surface area contributed by atoms with E-state index in [0.29, 0.717) is 17.2 Å². The highest BCUT2D eigenvalue weighted by atomic mass is 16.7. The number of methoxy groups -OCH3 is 2. The van der Waals surface area contributed by atoms with Gasteiger partial charge in [-0.2, -0.15) is 0 Å². The zero-order chi connectivity index (χ0) is 44.0. The van der Waals surface area contributed by atoms with Crippen LogP contribution in [-0.4, -0.2) is 81.8 Å². The second kappa shape index (κ2) is 21.4. The first-order valence-electron chi connectivity index (χ1n) is 20.0. The topological polar surface area (TPSA) is 151 Å². The molecule has 63 heavy (non-hydrogen) atoms. The lowest BCUT2D eigenvalue weighted by molar-refractivity contribution is -0.270. The summed E-state index contributed by atoms with van der Waals surface area (Å²) in [6, 6.07) is 45.6. The Morgan fingerprint density at radius 1 is 0.540 bits per heavy atom. The summed E-state index contributed by atoms with van der Waals surface area (Å²) in [5.74, 6) is -1.57. The molecule has 0 N–H and O–H groups in total. The zero-order valence-electron chi connectivity index (χ0n) is 34.4. The quantitative estimate of drug-likeness (QED) is 0.0468. The van der Waals surface area contributed by atoms with E-state index in [1.54, 1.807) is 127 Å². The van der Waals surface area contributed by atoms with Crippen molar-refractivity contribution in [2.75, 3.05) is 27.4 Å². The Kier molecular flexibility index (Phi) is 14.8. The Morgan fingerprint density at radius 2 is 1.05 bits per heavy atom. The molecule has 1 aliphatic heterocycles. The van der Waals surface area contributed by atoms with E-state index in [-0.39, 0.29) is 41.2 Å². The van der Waals surface area contributed by atoms with Gasteiger partial charge in [0, 0.05) is 5.56 Å².